The van der Waals surface area contributed by atoms with Crippen LogP contribution in [0, 0.1) is 0 Å². The number of benzene rings is 3. The molecule has 0 spiro atoms. The number of hydrazone groups is 1. The van der Waals surface area contributed by atoms with Gasteiger partial charge < -0.3 is 34.3 Å². The third kappa shape index (κ3) is 8.70. The second-order valence-electron chi connectivity index (χ2n) is 9.74. The summed E-state index contributed by atoms with van der Waals surface area (Å²) in [5.74, 6) is 0.444. The van der Waals surface area contributed by atoms with Crippen molar-refractivity contribution in [2.24, 2.45) is 5.10 Å². The van der Waals surface area contributed by atoms with Gasteiger partial charge in [0, 0.05) is 10.7 Å². The van der Waals surface area contributed by atoms with E-state index in [1.807, 2.05) is 18.2 Å². The molecule has 3 aromatic carbocycles. The lowest BCUT2D eigenvalue weighted by Gasteiger charge is -2.28. The average molecular weight is 716 g/mol. The molecule has 0 radical (unpaired) electrons. The molecule has 1 aliphatic heterocycles. The average Bonchev–Trinajstić information content (AvgIpc) is 3.02. The lowest BCUT2D eigenvalue weighted by Crippen LogP contribution is -2.45. The maximum atomic E-state index is 12.6. The van der Waals surface area contributed by atoms with Gasteiger partial charge in [0.15, 0.2) is 29.6 Å². The van der Waals surface area contributed by atoms with Gasteiger partial charge in [0.1, 0.15) is 6.61 Å². The Morgan fingerprint density at radius 3 is 2.54 bits per heavy atom. The Balaban J connectivity index is 1.37. The van der Waals surface area contributed by atoms with Gasteiger partial charge in [0.2, 0.25) is 0 Å². The van der Waals surface area contributed by atoms with Gasteiger partial charge in [-0.05, 0) is 82.9 Å². The van der Waals surface area contributed by atoms with E-state index >= 15 is 0 Å². The monoisotopic (exact) mass is 714 g/mol. The SMILES string of the molecule is CCOC(=O)C1=C(C)NC(=O)N[C@H]1c1ccc(OCC(=O)N/N=C/c2cc(Br)c(OCc3cccc(Cl)c3)c(OC)c2)c(OC)c1. The third-order valence-corrected chi connectivity index (χ3v) is 7.40. The maximum absolute atomic E-state index is 12.6. The summed E-state index contributed by atoms with van der Waals surface area (Å²) < 4.78 is 28.4. The van der Waals surface area contributed by atoms with Gasteiger partial charge >= 0.3 is 12.0 Å². The van der Waals surface area contributed by atoms with Crippen LogP contribution in [-0.4, -0.2) is 51.6 Å². The molecule has 0 saturated heterocycles. The van der Waals surface area contributed by atoms with Gasteiger partial charge in [-0.25, -0.2) is 15.0 Å². The highest BCUT2D eigenvalue weighted by Gasteiger charge is 2.32. The largest absolute Gasteiger partial charge is 0.493 e. The van der Waals surface area contributed by atoms with Crippen molar-refractivity contribution in [3.8, 4) is 23.0 Å². The standard InChI is InChI=1S/C32H32BrClN4O8/c1-5-44-31(40)28-18(2)36-32(41)37-29(28)21-9-10-24(25(14-21)42-3)45-17-27(39)38-35-15-20-12-23(33)30(26(13-20)43-4)46-16-19-7-6-8-22(34)11-19/h6-15,29H,5,16-17H2,1-4H3,(H,38,39)(H2,36,37,41)/b35-15+/t29-/m0/s1. The summed E-state index contributed by atoms with van der Waals surface area (Å²) in [5, 5.41) is 9.95. The fourth-order valence-electron chi connectivity index (χ4n) is 4.50. The van der Waals surface area contributed by atoms with E-state index < -0.39 is 23.9 Å². The molecule has 3 amide bonds. The van der Waals surface area contributed by atoms with Crippen molar-refractivity contribution in [2.45, 2.75) is 26.5 Å². The van der Waals surface area contributed by atoms with Crippen LogP contribution in [-0.2, 0) is 20.9 Å². The number of hydrogen-bond donors (Lipinski definition) is 3. The minimum Gasteiger partial charge on any atom is -0.493 e. The summed E-state index contributed by atoms with van der Waals surface area (Å²) in [4.78, 5) is 37.3. The molecular weight excluding hydrogens is 684 g/mol. The molecule has 0 bridgehead atoms. The fourth-order valence-corrected chi connectivity index (χ4v) is 5.28. The number of ether oxygens (including phenoxy) is 5. The van der Waals surface area contributed by atoms with Crippen LogP contribution in [0.25, 0.3) is 0 Å². The number of carbonyl (C=O) groups is 3. The van der Waals surface area contributed by atoms with Crippen LogP contribution < -0.4 is 35.0 Å². The number of amides is 3. The fraction of sp³-hybridized carbons (Fsp3) is 0.250. The second kappa shape index (κ2) is 16.0. The zero-order valence-corrected chi connectivity index (χ0v) is 27.8. The van der Waals surface area contributed by atoms with Crippen molar-refractivity contribution in [3.05, 3.63) is 92.1 Å². The molecule has 0 saturated carbocycles. The number of methoxy groups -OCH3 is 2. The Morgan fingerprint density at radius 2 is 1.83 bits per heavy atom. The van der Waals surface area contributed by atoms with Gasteiger partial charge in [-0.3, -0.25) is 4.79 Å². The summed E-state index contributed by atoms with van der Waals surface area (Å²) in [5.41, 5.74) is 5.15. The quantitative estimate of drug-likeness (QED) is 0.121. The first-order chi connectivity index (χ1) is 22.1. The molecule has 1 heterocycles. The highest BCUT2D eigenvalue weighted by molar-refractivity contribution is 9.10. The van der Waals surface area contributed by atoms with E-state index in [-0.39, 0.29) is 36.9 Å². The Hall–Kier alpha value is -4.75. The molecule has 3 N–H and O–H groups in total. The van der Waals surface area contributed by atoms with Gasteiger partial charge in [-0.2, -0.15) is 5.10 Å². The Kier molecular flexibility index (Phi) is 11.9. The first-order valence-corrected chi connectivity index (χ1v) is 15.1. The molecule has 3 aromatic rings. The second-order valence-corrected chi connectivity index (χ2v) is 11.0. The summed E-state index contributed by atoms with van der Waals surface area (Å²) in [6.45, 7) is 3.41. The van der Waals surface area contributed by atoms with E-state index in [1.165, 1.54) is 20.4 Å². The van der Waals surface area contributed by atoms with E-state index in [4.69, 9.17) is 35.3 Å². The summed E-state index contributed by atoms with van der Waals surface area (Å²) >= 11 is 9.56. The van der Waals surface area contributed by atoms with Crippen molar-refractivity contribution < 1.29 is 38.1 Å². The lowest BCUT2D eigenvalue weighted by atomic mass is 9.95. The van der Waals surface area contributed by atoms with E-state index in [9.17, 15) is 14.4 Å². The number of halogens is 2. The minimum atomic E-state index is -0.782. The van der Waals surface area contributed by atoms with Crippen molar-refractivity contribution in [1.29, 1.82) is 0 Å². The topological polar surface area (TPSA) is 146 Å². The van der Waals surface area contributed by atoms with Crippen molar-refractivity contribution >= 4 is 51.7 Å². The van der Waals surface area contributed by atoms with Crippen molar-refractivity contribution in [1.82, 2.24) is 16.1 Å². The normalized spacial score (nSPS) is 14.3. The molecule has 1 aliphatic rings. The first kappa shape index (κ1) is 34.1. The van der Waals surface area contributed by atoms with Crippen LogP contribution in [0.3, 0.4) is 0 Å². The van der Waals surface area contributed by atoms with Crippen LogP contribution in [0.5, 0.6) is 23.0 Å². The molecule has 0 aromatic heterocycles. The number of nitrogens with one attached hydrogen (secondary N) is 3. The molecule has 0 fully saturated rings. The predicted octanol–water partition coefficient (Wildman–Crippen LogP) is 5.42. The van der Waals surface area contributed by atoms with Gasteiger partial charge in [0.05, 0.1) is 43.1 Å². The zero-order chi connectivity index (χ0) is 33.2. The number of urea groups is 1. The van der Waals surface area contributed by atoms with Crippen molar-refractivity contribution in [3.63, 3.8) is 0 Å². The summed E-state index contributed by atoms with van der Waals surface area (Å²) in [7, 11) is 2.96. The summed E-state index contributed by atoms with van der Waals surface area (Å²) in [6, 6.07) is 14.4. The molecule has 12 nitrogen and oxygen atoms in total. The van der Waals surface area contributed by atoms with Crippen LogP contribution in [0.2, 0.25) is 5.02 Å². The molecule has 14 heteroatoms. The van der Waals surface area contributed by atoms with Gasteiger partial charge in [-0.15, -0.1) is 0 Å². The molecule has 1 atom stereocenters. The highest BCUT2D eigenvalue weighted by atomic mass is 79.9. The number of rotatable bonds is 13. The predicted molar refractivity (Wildman–Crippen MR) is 174 cm³/mol. The van der Waals surface area contributed by atoms with Crippen LogP contribution in [0.1, 0.15) is 36.6 Å². The number of hydrogen-bond acceptors (Lipinski definition) is 9. The first-order valence-electron chi connectivity index (χ1n) is 14.0. The third-order valence-electron chi connectivity index (χ3n) is 6.57. The number of allylic oxidation sites excluding steroid dienone is 1. The highest BCUT2D eigenvalue weighted by Crippen LogP contribution is 2.37. The molecule has 4 rings (SSSR count). The van der Waals surface area contributed by atoms with E-state index in [2.05, 4.69) is 37.1 Å². The summed E-state index contributed by atoms with van der Waals surface area (Å²) in [6.07, 6.45) is 1.45. The lowest BCUT2D eigenvalue weighted by molar-refractivity contribution is -0.139. The Labute approximate surface area is 279 Å². The van der Waals surface area contributed by atoms with E-state index in [1.54, 1.807) is 50.2 Å². The van der Waals surface area contributed by atoms with E-state index in [0.29, 0.717) is 37.8 Å². The van der Waals surface area contributed by atoms with Crippen molar-refractivity contribution in [2.75, 3.05) is 27.4 Å². The molecule has 46 heavy (non-hydrogen) atoms. The molecular formula is C32H32BrClN4O8. The number of nitrogens with zero attached hydrogens (tertiary/aromatic N) is 1. The maximum Gasteiger partial charge on any atom is 0.338 e. The smallest absolute Gasteiger partial charge is 0.338 e. The minimum absolute atomic E-state index is 0.178. The Morgan fingerprint density at radius 1 is 1.04 bits per heavy atom. The Bertz CT molecular complexity index is 1680. The van der Waals surface area contributed by atoms with Crippen LogP contribution in [0.15, 0.2) is 75.4 Å². The molecule has 0 aliphatic carbocycles. The van der Waals surface area contributed by atoms with E-state index in [0.717, 1.165) is 5.56 Å². The number of esters is 1. The van der Waals surface area contributed by atoms with Gasteiger partial charge in [-0.1, -0.05) is 29.8 Å². The van der Waals surface area contributed by atoms with Gasteiger partial charge in [0.25, 0.3) is 5.91 Å². The number of carbonyl (C=O) groups excluding carboxylic acids is 3. The molecule has 242 valence electrons. The van der Waals surface area contributed by atoms with Crippen LogP contribution >= 0.6 is 27.5 Å². The zero-order valence-electron chi connectivity index (χ0n) is 25.4. The van der Waals surface area contributed by atoms with Crippen LogP contribution in [0.4, 0.5) is 4.79 Å². The molecule has 0 unspecified atom stereocenters.